The van der Waals surface area contributed by atoms with E-state index in [1.54, 1.807) is 7.11 Å². The molecule has 0 saturated carbocycles. The summed E-state index contributed by atoms with van der Waals surface area (Å²) in [4.78, 5) is 6.81. The average Bonchev–Trinajstić information content (AvgIpc) is 2.46. The molecule has 4 heteroatoms. The highest BCUT2D eigenvalue weighted by molar-refractivity contribution is 5.93. The number of ether oxygens (including phenoxy) is 1. The molecule has 1 saturated heterocycles. The van der Waals surface area contributed by atoms with Gasteiger partial charge in [-0.2, -0.15) is 0 Å². The number of nitrogens with two attached hydrogens (primary N) is 1. The average molecular weight is 257 g/mol. The van der Waals surface area contributed by atoms with Crippen LogP contribution in [-0.4, -0.2) is 31.3 Å². The van der Waals surface area contributed by atoms with Crippen LogP contribution in [0.5, 0.6) is 0 Å². The number of fused-ring (bicyclic) bond motifs is 1. The maximum Gasteiger partial charge on any atom is 0.0743 e. The molecule has 2 N–H and O–H groups in total. The predicted octanol–water partition coefficient (Wildman–Crippen LogP) is 2.43. The van der Waals surface area contributed by atoms with E-state index >= 15 is 0 Å². The number of aromatic nitrogens is 1. The molecular formula is C15H19N3O. The summed E-state index contributed by atoms with van der Waals surface area (Å²) >= 11 is 0. The van der Waals surface area contributed by atoms with Crippen LogP contribution in [0, 0.1) is 0 Å². The maximum absolute atomic E-state index is 5.82. The number of pyridine rings is 1. The van der Waals surface area contributed by atoms with Gasteiger partial charge in [-0.15, -0.1) is 0 Å². The van der Waals surface area contributed by atoms with Gasteiger partial charge in [-0.1, -0.05) is 0 Å². The second-order valence-corrected chi connectivity index (χ2v) is 5.03. The van der Waals surface area contributed by atoms with Gasteiger partial charge in [-0.25, -0.2) is 0 Å². The van der Waals surface area contributed by atoms with Gasteiger partial charge in [0.25, 0.3) is 0 Å². The molecule has 2 heterocycles. The highest BCUT2D eigenvalue weighted by Crippen LogP contribution is 2.29. The third-order valence-electron chi connectivity index (χ3n) is 3.86. The van der Waals surface area contributed by atoms with E-state index in [1.165, 1.54) is 11.1 Å². The summed E-state index contributed by atoms with van der Waals surface area (Å²) in [7, 11) is 1.80. The Bertz CT molecular complexity index is 577. The standard InChI is InChI=1S/C15H19N3O/c1-19-12-5-8-18(9-6-12)15-4-7-17-14-10-11(16)2-3-13(14)15/h2-4,7,10,12H,5-6,8-9,16H2,1H3. The number of hydrogen-bond acceptors (Lipinski definition) is 4. The Balaban J connectivity index is 1.93. The van der Waals surface area contributed by atoms with Crippen LogP contribution < -0.4 is 10.6 Å². The molecule has 0 amide bonds. The fraction of sp³-hybridized carbons (Fsp3) is 0.400. The van der Waals surface area contributed by atoms with E-state index in [-0.39, 0.29) is 0 Å². The van der Waals surface area contributed by atoms with Gasteiger partial charge in [0.15, 0.2) is 0 Å². The minimum atomic E-state index is 0.403. The van der Waals surface area contributed by atoms with Gasteiger partial charge in [-0.3, -0.25) is 4.98 Å². The molecule has 1 aromatic heterocycles. The van der Waals surface area contributed by atoms with Gasteiger partial charge >= 0.3 is 0 Å². The molecule has 4 nitrogen and oxygen atoms in total. The van der Waals surface area contributed by atoms with Crippen molar-refractivity contribution in [3.8, 4) is 0 Å². The summed E-state index contributed by atoms with van der Waals surface area (Å²) in [6.07, 6.45) is 4.42. The monoisotopic (exact) mass is 257 g/mol. The molecule has 0 aliphatic carbocycles. The molecule has 1 aliphatic heterocycles. The molecule has 2 aromatic rings. The molecule has 1 aliphatic rings. The predicted molar refractivity (Wildman–Crippen MR) is 78.4 cm³/mol. The van der Waals surface area contributed by atoms with Crippen LogP contribution >= 0.6 is 0 Å². The van der Waals surface area contributed by atoms with E-state index in [9.17, 15) is 0 Å². The summed E-state index contributed by atoms with van der Waals surface area (Å²) in [6.45, 7) is 2.06. The van der Waals surface area contributed by atoms with E-state index in [2.05, 4.69) is 22.0 Å². The van der Waals surface area contributed by atoms with Crippen molar-refractivity contribution in [2.45, 2.75) is 18.9 Å². The minimum absolute atomic E-state index is 0.403. The Hall–Kier alpha value is -1.81. The van der Waals surface area contributed by atoms with Crippen LogP contribution in [0.15, 0.2) is 30.5 Å². The number of nitrogens with zero attached hydrogens (tertiary/aromatic N) is 2. The first kappa shape index (κ1) is 12.2. The lowest BCUT2D eigenvalue weighted by atomic mass is 10.1. The summed E-state index contributed by atoms with van der Waals surface area (Å²) in [5, 5.41) is 1.17. The fourth-order valence-electron chi connectivity index (χ4n) is 2.76. The van der Waals surface area contributed by atoms with Crippen LogP contribution in [0.25, 0.3) is 10.9 Å². The van der Waals surface area contributed by atoms with Gasteiger partial charge in [0, 0.05) is 43.2 Å². The Morgan fingerprint density at radius 3 is 2.79 bits per heavy atom. The van der Waals surface area contributed by atoms with E-state index in [4.69, 9.17) is 10.5 Å². The molecule has 3 rings (SSSR count). The zero-order valence-corrected chi connectivity index (χ0v) is 11.2. The number of anilines is 2. The third-order valence-corrected chi connectivity index (χ3v) is 3.86. The first-order valence-corrected chi connectivity index (χ1v) is 6.70. The van der Waals surface area contributed by atoms with Crippen molar-refractivity contribution in [3.05, 3.63) is 30.5 Å². The largest absolute Gasteiger partial charge is 0.399 e. The molecule has 1 aromatic carbocycles. The van der Waals surface area contributed by atoms with Crippen LogP contribution in [0.2, 0.25) is 0 Å². The number of hydrogen-bond donors (Lipinski definition) is 1. The minimum Gasteiger partial charge on any atom is -0.399 e. The zero-order chi connectivity index (χ0) is 13.2. The molecule has 0 bridgehead atoms. The summed E-state index contributed by atoms with van der Waals surface area (Å²) in [6, 6.07) is 8.03. The summed E-state index contributed by atoms with van der Waals surface area (Å²) < 4.78 is 5.42. The van der Waals surface area contributed by atoms with Crippen molar-refractivity contribution >= 4 is 22.3 Å². The van der Waals surface area contributed by atoms with Crippen molar-refractivity contribution < 1.29 is 4.74 Å². The Kier molecular flexibility index (Phi) is 3.25. The van der Waals surface area contributed by atoms with Crippen molar-refractivity contribution in [3.63, 3.8) is 0 Å². The highest BCUT2D eigenvalue weighted by Gasteiger charge is 2.20. The summed E-state index contributed by atoms with van der Waals surface area (Å²) in [5.41, 5.74) is 8.79. The molecular weight excluding hydrogens is 238 g/mol. The fourth-order valence-corrected chi connectivity index (χ4v) is 2.76. The first-order chi connectivity index (χ1) is 9.28. The smallest absolute Gasteiger partial charge is 0.0743 e. The number of nitrogen functional groups attached to an aromatic ring is 1. The van der Waals surface area contributed by atoms with Crippen molar-refractivity contribution in [2.24, 2.45) is 0 Å². The van der Waals surface area contributed by atoms with Crippen molar-refractivity contribution in [2.75, 3.05) is 30.8 Å². The topological polar surface area (TPSA) is 51.4 Å². The lowest BCUT2D eigenvalue weighted by Crippen LogP contribution is -2.36. The maximum atomic E-state index is 5.82. The lowest BCUT2D eigenvalue weighted by molar-refractivity contribution is 0.0819. The molecule has 0 unspecified atom stereocenters. The molecule has 0 radical (unpaired) electrons. The quantitative estimate of drug-likeness (QED) is 0.839. The number of benzene rings is 1. The highest BCUT2D eigenvalue weighted by atomic mass is 16.5. The molecule has 100 valence electrons. The first-order valence-electron chi connectivity index (χ1n) is 6.70. The van der Waals surface area contributed by atoms with Gasteiger partial charge in [0.2, 0.25) is 0 Å². The van der Waals surface area contributed by atoms with E-state index in [0.717, 1.165) is 37.1 Å². The van der Waals surface area contributed by atoms with Crippen LogP contribution in [0.1, 0.15) is 12.8 Å². The van der Waals surface area contributed by atoms with E-state index in [1.807, 2.05) is 18.3 Å². The van der Waals surface area contributed by atoms with E-state index in [0.29, 0.717) is 6.10 Å². The Morgan fingerprint density at radius 1 is 1.26 bits per heavy atom. The Morgan fingerprint density at radius 2 is 2.05 bits per heavy atom. The van der Waals surface area contributed by atoms with Gasteiger partial charge in [0.05, 0.1) is 11.6 Å². The molecule has 1 fully saturated rings. The van der Waals surface area contributed by atoms with Gasteiger partial charge in [-0.05, 0) is 37.1 Å². The third kappa shape index (κ3) is 2.36. The SMILES string of the molecule is COC1CCN(c2ccnc3cc(N)ccc23)CC1. The van der Waals surface area contributed by atoms with Crippen LogP contribution in [-0.2, 0) is 4.74 Å². The second-order valence-electron chi connectivity index (χ2n) is 5.03. The number of rotatable bonds is 2. The van der Waals surface area contributed by atoms with E-state index < -0.39 is 0 Å². The van der Waals surface area contributed by atoms with Crippen molar-refractivity contribution in [1.29, 1.82) is 0 Å². The molecule has 0 spiro atoms. The lowest BCUT2D eigenvalue weighted by Gasteiger charge is -2.33. The van der Waals surface area contributed by atoms with Crippen molar-refractivity contribution in [1.82, 2.24) is 4.98 Å². The molecule has 19 heavy (non-hydrogen) atoms. The van der Waals surface area contributed by atoms with Gasteiger partial charge < -0.3 is 15.4 Å². The number of piperidine rings is 1. The zero-order valence-electron chi connectivity index (χ0n) is 11.2. The molecule has 0 atom stereocenters. The summed E-state index contributed by atoms with van der Waals surface area (Å²) in [5.74, 6) is 0. The van der Waals surface area contributed by atoms with Crippen LogP contribution in [0.3, 0.4) is 0 Å². The van der Waals surface area contributed by atoms with Gasteiger partial charge in [0.1, 0.15) is 0 Å². The normalized spacial score (nSPS) is 17.0. The number of methoxy groups -OCH3 is 1. The van der Waals surface area contributed by atoms with Crippen LogP contribution in [0.4, 0.5) is 11.4 Å². The Labute approximate surface area is 113 Å². The second kappa shape index (κ2) is 5.05.